The lowest BCUT2D eigenvalue weighted by molar-refractivity contribution is 0.636. The molecule has 2 aromatic heterocycles. The first-order chi connectivity index (χ1) is 8.69. The molecule has 0 aliphatic carbocycles. The molecule has 2 rings (SSSR count). The van der Waals surface area contributed by atoms with Gasteiger partial charge in [-0.2, -0.15) is 0 Å². The third-order valence-corrected chi connectivity index (χ3v) is 3.11. The van der Waals surface area contributed by atoms with Gasteiger partial charge < -0.3 is 5.73 Å². The maximum atomic E-state index is 5.94. The third-order valence-electron chi connectivity index (χ3n) is 2.67. The highest BCUT2D eigenvalue weighted by molar-refractivity contribution is 9.10. The third kappa shape index (κ3) is 3.34. The first-order valence-corrected chi connectivity index (χ1v) is 6.66. The summed E-state index contributed by atoms with van der Waals surface area (Å²) in [6, 6.07) is 4.00. The van der Waals surface area contributed by atoms with Crippen molar-refractivity contribution in [2.24, 2.45) is 5.73 Å². The van der Waals surface area contributed by atoms with Crippen LogP contribution in [0.4, 0.5) is 0 Å². The van der Waals surface area contributed by atoms with E-state index in [2.05, 4.69) is 37.8 Å². The van der Waals surface area contributed by atoms with Gasteiger partial charge in [-0.3, -0.25) is 4.98 Å². The Bertz CT molecular complexity index is 530. The maximum absolute atomic E-state index is 5.94. The van der Waals surface area contributed by atoms with Crippen molar-refractivity contribution < 1.29 is 0 Å². The van der Waals surface area contributed by atoms with Gasteiger partial charge in [0.1, 0.15) is 0 Å². The Hall–Kier alpha value is -1.33. The van der Waals surface area contributed by atoms with E-state index >= 15 is 0 Å². The van der Waals surface area contributed by atoms with Gasteiger partial charge in [0.25, 0.3) is 0 Å². The van der Waals surface area contributed by atoms with Crippen LogP contribution in [0, 0.1) is 0 Å². The van der Waals surface area contributed by atoms with Crippen molar-refractivity contribution in [3.63, 3.8) is 0 Å². The quantitative estimate of drug-likeness (QED) is 0.943. The number of pyridine rings is 1. The smallest absolute Gasteiger partial charge is 0.160 e. The predicted molar refractivity (Wildman–Crippen MR) is 74.9 cm³/mol. The molecule has 0 fully saturated rings. The SMILES string of the molecule is CCC(N)Cc1ccnc(-c2cncc(Br)c2)n1. The summed E-state index contributed by atoms with van der Waals surface area (Å²) in [4.78, 5) is 12.9. The summed E-state index contributed by atoms with van der Waals surface area (Å²) < 4.78 is 0.916. The lowest BCUT2D eigenvalue weighted by atomic mass is 10.1. The topological polar surface area (TPSA) is 64.7 Å². The van der Waals surface area contributed by atoms with Crippen LogP contribution in [0.1, 0.15) is 19.0 Å². The zero-order chi connectivity index (χ0) is 13.0. The van der Waals surface area contributed by atoms with Crippen LogP contribution in [-0.4, -0.2) is 21.0 Å². The Kier molecular flexibility index (Phi) is 4.38. The highest BCUT2D eigenvalue weighted by atomic mass is 79.9. The molecule has 2 heterocycles. The molecule has 94 valence electrons. The summed E-state index contributed by atoms with van der Waals surface area (Å²) in [5.74, 6) is 0.685. The number of hydrogen-bond acceptors (Lipinski definition) is 4. The number of hydrogen-bond donors (Lipinski definition) is 1. The van der Waals surface area contributed by atoms with Crippen LogP contribution < -0.4 is 5.73 Å². The van der Waals surface area contributed by atoms with Crippen LogP contribution in [0.3, 0.4) is 0 Å². The number of nitrogens with two attached hydrogens (primary N) is 1. The maximum Gasteiger partial charge on any atom is 0.160 e. The molecule has 0 amide bonds. The molecule has 0 saturated carbocycles. The van der Waals surface area contributed by atoms with Crippen molar-refractivity contribution in [2.75, 3.05) is 0 Å². The van der Waals surface area contributed by atoms with E-state index in [1.54, 1.807) is 18.6 Å². The molecule has 0 radical (unpaired) electrons. The minimum absolute atomic E-state index is 0.147. The fraction of sp³-hybridized carbons (Fsp3) is 0.308. The highest BCUT2D eigenvalue weighted by Gasteiger charge is 2.06. The Morgan fingerprint density at radius 3 is 2.94 bits per heavy atom. The van der Waals surface area contributed by atoms with Crippen molar-refractivity contribution in [3.05, 3.63) is 40.9 Å². The van der Waals surface area contributed by atoms with Gasteiger partial charge in [0.05, 0.1) is 0 Å². The van der Waals surface area contributed by atoms with E-state index in [-0.39, 0.29) is 6.04 Å². The molecule has 4 nitrogen and oxygen atoms in total. The van der Waals surface area contributed by atoms with Gasteiger partial charge in [-0.1, -0.05) is 6.92 Å². The fourth-order valence-corrected chi connectivity index (χ4v) is 1.96. The van der Waals surface area contributed by atoms with Crippen molar-refractivity contribution in [1.82, 2.24) is 15.0 Å². The molecule has 0 spiro atoms. The molecular formula is C13H15BrN4. The normalized spacial score (nSPS) is 12.4. The number of nitrogens with zero attached hydrogens (tertiary/aromatic N) is 3. The first kappa shape index (κ1) is 13.1. The Balaban J connectivity index is 2.27. The van der Waals surface area contributed by atoms with Crippen LogP contribution in [-0.2, 0) is 6.42 Å². The largest absolute Gasteiger partial charge is 0.327 e. The van der Waals surface area contributed by atoms with Crippen LogP contribution >= 0.6 is 15.9 Å². The highest BCUT2D eigenvalue weighted by Crippen LogP contribution is 2.18. The summed E-state index contributed by atoms with van der Waals surface area (Å²) in [5, 5.41) is 0. The van der Waals surface area contributed by atoms with Crippen molar-refractivity contribution >= 4 is 15.9 Å². The van der Waals surface area contributed by atoms with E-state index < -0.39 is 0 Å². The molecule has 5 heteroatoms. The fourth-order valence-electron chi connectivity index (χ4n) is 1.60. The second kappa shape index (κ2) is 6.02. The van der Waals surface area contributed by atoms with E-state index in [4.69, 9.17) is 5.73 Å². The number of aromatic nitrogens is 3. The van der Waals surface area contributed by atoms with Crippen LogP contribution in [0.5, 0.6) is 0 Å². The first-order valence-electron chi connectivity index (χ1n) is 5.87. The van der Waals surface area contributed by atoms with Gasteiger partial charge in [-0.05, 0) is 34.5 Å². The lowest BCUT2D eigenvalue weighted by Crippen LogP contribution is -2.22. The van der Waals surface area contributed by atoms with E-state index in [1.807, 2.05) is 12.1 Å². The zero-order valence-electron chi connectivity index (χ0n) is 10.2. The Morgan fingerprint density at radius 1 is 1.39 bits per heavy atom. The van der Waals surface area contributed by atoms with Gasteiger partial charge in [0.2, 0.25) is 0 Å². The average Bonchev–Trinajstić information content (AvgIpc) is 2.39. The molecular weight excluding hydrogens is 292 g/mol. The molecule has 18 heavy (non-hydrogen) atoms. The van der Waals surface area contributed by atoms with Gasteiger partial charge >= 0.3 is 0 Å². The summed E-state index contributed by atoms with van der Waals surface area (Å²) in [7, 11) is 0. The lowest BCUT2D eigenvalue weighted by Gasteiger charge is -2.08. The number of halogens is 1. The second-order valence-electron chi connectivity index (χ2n) is 4.14. The molecule has 2 N–H and O–H groups in total. The molecule has 0 saturated heterocycles. The number of rotatable bonds is 4. The average molecular weight is 307 g/mol. The molecule has 2 aromatic rings. The van der Waals surface area contributed by atoms with E-state index in [0.29, 0.717) is 5.82 Å². The van der Waals surface area contributed by atoms with Gasteiger partial charge in [-0.25, -0.2) is 9.97 Å². The Labute approximate surface area is 115 Å². The van der Waals surface area contributed by atoms with Crippen molar-refractivity contribution in [3.8, 4) is 11.4 Å². The second-order valence-corrected chi connectivity index (χ2v) is 5.05. The molecule has 0 bridgehead atoms. The van der Waals surface area contributed by atoms with Gasteiger partial charge in [0.15, 0.2) is 5.82 Å². The minimum atomic E-state index is 0.147. The molecule has 0 aliphatic rings. The van der Waals surface area contributed by atoms with Crippen LogP contribution in [0.15, 0.2) is 35.2 Å². The summed E-state index contributed by atoms with van der Waals surface area (Å²) in [5.41, 5.74) is 7.80. The summed E-state index contributed by atoms with van der Waals surface area (Å²) >= 11 is 3.39. The predicted octanol–water partition coefficient (Wildman–Crippen LogP) is 2.58. The monoisotopic (exact) mass is 306 g/mol. The Morgan fingerprint density at radius 2 is 2.22 bits per heavy atom. The molecule has 1 unspecified atom stereocenters. The molecule has 0 aromatic carbocycles. The van der Waals surface area contributed by atoms with Gasteiger partial charge in [-0.15, -0.1) is 0 Å². The van der Waals surface area contributed by atoms with Crippen molar-refractivity contribution in [1.29, 1.82) is 0 Å². The zero-order valence-corrected chi connectivity index (χ0v) is 11.8. The van der Waals surface area contributed by atoms with Crippen LogP contribution in [0.25, 0.3) is 11.4 Å². The van der Waals surface area contributed by atoms with E-state index in [1.165, 1.54) is 0 Å². The molecule has 0 aliphatic heterocycles. The summed E-state index contributed by atoms with van der Waals surface area (Å²) in [6.45, 7) is 2.07. The molecule has 1 atom stereocenters. The van der Waals surface area contributed by atoms with Gasteiger partial charge in [0, 0.05) is 46.8 Å². The van der Waals surface area contributed by atoms with Crippen LogP contribution in [0.2, 0.25) is 0 Å². The van der Waals surface area contributed by atoms with E-state index in [0.717, 1.165) is 28.6 Å². The van der Waals surface area contributed by atoms with E-state index in [9.17, 15) is 0 Å². The summed E-state index contributed by atoms with van der Waals surface area (Å²) in [6.07, 6.45) is 6.97. The minimum Gasteiger partial charge on any atom is -0.327 e. The van der Waals surface area contributed by atoms with Crippen molar-refractivity contribution in [2.45, 2.75) is 25.8 Å². The standard InChI is InChI=1S/C13H15BrN4/c1-2-11(15)6-12-3-4-17-13(18-12)9-5-10(14)8-16-7-9/h3-5,7-8,11H,2,6,15H2,1H3.